The molecule has 0 atom stereocenters. The van der Waals surface area contributed by atoms with Crippen molar-refractivity contribution in [2.75, 3.05) is 13.7 Å². The van der Waals surface area contributed by atoms with Gasteiger partial charge < -0.3 is 14.2 Å². The number of hydrogen-bond acceptors (Lipinski definition) is 7. The minimum atomic E-state index is -3.86. The van der Waals surface area contributed by atoms with Gasteiger partial charge in [0.2, 0.25) is 0 Å². The molecule has 0 radical (unpaired) electrons. The molecule has 3 rings (SSSR count). The minimum absolute atomic E-state index is 0.0303. The first kappa shape index (κ1) is 26.6. The van der Waals surface area contributed by atoms with Crippen molar-refractivity contribution in [1.29, 1.82) is 0 Å². The zero-order valence-electron chi connectivity index (χ0n) is 20.3. The number of nitrogens with zero attached hydrogens (tertiary/aromatic N) is 1. The monoisotopic (exact) mass is 515 g/mol. The zero-order chi connectivity index (χ0) is 25.6. The molecule has 3 aromatic carbocycles. The summed E-state index contributed by atoms with van der Waals surface area (Å²) in [7, 11) is -2.59. The number of hydrogen-bond donors (Lipinski definition) is 0. The van der Waals surface area contributed by atoms with Crippen molar-refractivity contribution in [1.82, 2.24) is 3.71 Å². The van der Waals surface area contributed by atoms with Crippen molar-refractivity contribution in [2.24, 2.45) is 0 Å². The zero-order valence-corrected chi connectivity index (χ0v) is 22.0. The number of carbonyl (C=O) groups is 1. The van der Waals surface area contributed by atoms with Gasteiger partial charge in [-0.05, 0) is 98.9 Å². The molecule has 0 heterocycles. The Labute approximate surface area is 211 Å². The van der Waals surface area contributed by atoms with Crippen LogP contribution in [0.1, 0.15) is 36.7 Å². The van der Waals surface area contributed by atoms with Crippen molar-refractivity contribution >= 4 is 27.9 Å². The van der Waals surface area contributed by atoms with Crippen LogP contribution in [0.4, 0.5) is 0 Å². The highest BCUT2D eigenvalue weighted by molar-refractivity contribution is 8.08. The fourth-order valence-corrected chi connectivity index (χ4v) is 5.79. The summed E-state index contributed by atoms with van der Waals surface area (Å²) in [6.07, 6.45) is 0.0965. The lowest BCUT2D eigenvalue weighted by atomic mass is 10.1. The summed E-state index contributed by atoms with van der Waals surface area (Å²) in [6.45, 7) is 7.65. The fourth-order valence-electron chi connectivity index (χ4n) is 3.17. The Morgan fingerprint density at radius 2 is 1.51 bits per heavy atom. The fraction of sp³-hybridized carbons (Fsp3) is 0.269. The van der Waals surface area contributed by atoms with Crippen molar-refractivity contribution in [3.63, 3.8) is 0 Å². The van der Waals surface area contributed by atoms with Crippen molar-refractivity contribution in [3.05, 3.63) is 77.9 Å². The van der Waals surface area contributed by atoms with E-state index in [1.54, 1.807) is 44.2 Å². The predicted octanol–water partition coefficient (Wildman–Crippen LogP) is 6.08. The molecule has 186 valence electrons. The Morgan fingerprint density at radius 3 is 2.06 bits per heavy atom. The third-order valence-electron chi connectivity index (χ3n) is 4.90. The van der Waals surface area contributed by atoms with Crippen LogP contribution in [0.5, 0.6) is 17.2 Å². The molecule has 0 aromatic heterocycles. The SMILES string of the molecule is CCN(Sc1ccc(Oc2ccc(OC(C)C)cc2)cc1)S(=O)(=O)c1ccc(C)c(C(=O)OC)c1. The first-order chi connectivity index (χ1) is 16.6. The van der Waals surface area contributed by atoms with Gasteiger partial charge in [-0.1, -0.05) is 13.0 Å². The molecule has 35 heavy (non-hydrogen) atoms. The summed E-state index contributed by atoms with van der Waals surface area (Å²) in [5, 5.41) is 0. The number of sulfonamides is 1. The van der Waals surface area contributed by atoms with Gasteiger partial charge in [-0.15, -0.1) is 3.71 Å². The van der Waals surface area contributed by atoms with Crippen molar-refractivity contribution in [2.45, 2.75) is 43.6 Å². The maximum atomic E-state index is 13.3. The summed E-state index contributed by atoms with van der Waals surface area (Å²) in [5.41, 5.74) is 0.865. The van der Waals surface area contributed by atoms with E-state index in [1.807, 2.05) is 38.1 Å². The topological polar surface area (TPSA) is 82.1 Å². The summed E-state index contributed by atoms with van der Waals surface area (Å²) in [4.78, 5) is 12.8. The van der Waals surface area contributed by atoms with E-state index in [-0.39, 0.29) is 23.1 Å². The van der Waals surface area contributed by atoms with Crippen LogP contribution >= 0.6 is 11.9 Å². The molecule has 0 bridgehead atoms. The molecular formula is C26H29NO6S2. The van der Waals surface area contributed by atoms with Gasteiger partial charge >= 0.3 is 5.97 Å². The van der Waals surface area contributed by atoms with Gasteiger partial charge in [0.15, 0.2) is 0 Å². The van der Waals surface area contributed by atoms with Crippen molar-refractivity contribution in [3.8, 4) is 17.2 Å². The van der Waals surface area contributed by atoms with Gasteiger partial charge in [0, 0.05) is 11.4 Å². The van der Waals surface area contributed by atoms with Crippen LogP contribution in [0.15, 0.2) is 76.5 Å². The Hall–Kier alpha value is -3.01. The molecule has 0 N–H and O–H groups in total. The molecule has 7 nitrogen and oxygen atoms in total. The average molecular weight is 516 g/mol. The lowest BCUT2D eigenvalue weighted by Gasteiger charge is -2.20. The van der Waals surface area contributed by atoms with Crippen LogP contribution in [0, 0.1) is 6.92 Å². The third kappa shape index (κ3) is 6.78. The first-order valence-corrected chi connectivity index (χ1v) is 13.3. The second-order valence-electron chi connectivity index (χ2n) is 7.90. The summed E-state index contributed by atoms with van der Waals surface area (Å²) in [6, 6.07) is 19.0. The van der Waals surface area contributed by atoms with Crippen molar-refractivity contribution < 1.29 is 27.4 Å². The van der Waals surface area contributed by atoms with E-state index < -0.39 is 16.0 Å². The van der Waals surface area contributed by atoms with Gasteiger partial charge in [-0.25, -0.2) is 13.2 Å². The third-order valence-corrected chi connectivity index (χ3v) is 8.30. The molecule has 9 heteroatoms. The average Bonchev–Trinajstić information content (AvgIpc) is 2.84. The quantitative estimate of drug-likeness (QED) is 0.239. The normalized spacial score (nSPS) is 11.5. The Balaban J connectivity index is 1.72. The van der Waals surface area contributed by atoms with E-state index in [4.69, 9.17) is 14.2 Å². The summed E-state index contributed by atoms with van der Waals surface area (Å²) < 4.78 is 44.1. The maximum Gasteiger partial charge on any atom is 0.338 e. The van der Waals surface area contributed by atoms with Crippen LogP contribution in [0.3, 0.4) is 0 Å². The standard InChI is InChI=1S/C26H29NO6S2/c1-6-27(35(29,30)24-16-7-19(4)25(17-24)26(28)31-5)34-23-14-12-22(13-15-23)33-21-10-8-20(9-11-21)32-18(2)3/h7-18H,6H2,1-5H3. The highest BCUT2D eigenvalue weighted by Crippen LogP contribution is 2.32. The second kappa shape index (κ2) is 11.6. The van der Waals surface area contributed by atoms with Gasteiger partial charge in [0.1, 0.15) is 17.2 Å². The molecule has 0 spiro atoms. The Kier molecular flexibility index (Phi) is 8.82. The lowest BCUT2D eigenvalue weighted by molar-refractivity contribution is 0.0599. The van der Waals surface area contributed by atoms with E-state index in [1.165, 1.54) is 23.0 Å². The molecule has 0 amide bonds. The smallest absolute Gasteiger partial charge is 0.338 e. The van der Waals surface area contributed by atoms with E-state index in [0.29, 0.717) is 17.1 Å². The van der Waals surface area contributed by atoms with Crippen LogP contribution in [-0.4, -0.2) is 37.9 Å². The van der Waals surface area contributed by atoms with E-state index in [2.05, 4.69) is 0 Å². The molecular weight excluding hydrogens is 486 g/mol. The first-order valence-electron chi connectivity index (χ1n) is 11.1. The van der Waals surface area contributed by atoms with Gasteiger partial charge in [0.05, 0.1) is 23.7 Å². The number of esters is 1. The largest absolute Gasteiger partial charge is 0.491 e. The summed E-state index contributed by atoms with van der Waals surface area (Å²) >= 11 is 1.09. The van der Waals surface area contributed by atoms with Crippen LogP contribution in [0.25, 0.3) is 0 Å². The van der Waals surface area contributed by atoms with Gasteiger partial charge in [-0.2, -0.15) is 0 Å². The minimum Gasteiger partial charge on any atom is -0.491 e. The highest BCUT2D eigenvalue weighted by Gasteiger charge is 2.26. The molecule has 0 saturated carbocycles. The molecule has 0 aliphatic rings. The van der Waals surface area contributed by atoms with Crippen LogP contribution in [-0.2, 0) is 14.8 Å². The number of methoxy groups -OCH3 is 1. The van der Waals surface area contributed by atoms with Crippen LogP contribution in [0.2, 0.25) is 0 Å². The summed E-state index contributed by atoms with van der Waals surface area (Å²) in [5.74, 6) is 1.49. The highest BCUT2D eigenvalue weighted by atomic mass is 32.3. The number of aryl methyl sites for hydroxylation is 1. The number of rotatable bonds is 10. The number of benzene rings is 3. The van der Waals surface area contributed by atoms with E-state index in [9.17, 15) is 13.2 Å². The molecule has 3 aromatic rings. The Bertz CT molecular complexity index is 1260. The number of ether oxygens (including phenoxy) is 3. The lowest BCUT2D eigenvalue weighted by Crippen LogP contribution is -2.24. The second-order valence-corrected chi connectivity index (χ2v) is 11.1. The van der Waals surface area contributed by atoms with E-state index in [0.717, 1.165) is 22.6 Å². The van der Waals surface area contributed by atoms with Crippen LogP contribution < -0.4 is 9.47 Å². The Morgan fingerprint density at radius 1 is 0.943 bits per heavy atom. The predicted molar refractivity (Wildman–Crippen MR) is 137 cm³/mol. The molecule has 0 saturated heterocycles. The molecule has 0 fully saturated rings. The maximum absolute atomic E-state index is 13.3. The number of carbonyl (C=O) groups excluding carboxylic acids is 1. The van der Waals surface area contributed by atoms with E-state index >= 15 is 0 Å². The molecule has 0 aliphatic heterocycles. The van der Waals surface area contributed by atoms with Gasteiger partial charge in [-0.3, -0.25) is 0 Å². The van der Waals surface area contributed by atoms with Gasteiger partial charge in [0.25, 0.3) is 10.0 Å². The molecule has 0 unspecified atom stereocenters. The molecule has 0 aliphatic carbocycles.